The SMILES string of the molecule is CCC1CCC(C)N1S(=O)(=O)c1ccc(CN)cc1Cl. The van der Waals surface area contributed by atoms with Crippen molar-refractivity contribution < 1.29 is 8.42 Å². The first-order chi connectivity index (χ1) is 9.41. The number of nitrogens with zero attached hydrogens (tertiary/aromatic N) is 1. The molecule has 0 bridgehead atoms. The number of sulfonamides is 1. The normalized spacial score (nSPS) is 24.2. The van der Waals surface area contributed by atoms with Crippen LogP contribution in [0.4, 0.5) is 0 Å². The number of halogens is 1. The van der Waals surface area contributed by atoms with E-state index in [1.165, 1.54) is 0 Å². The van der Waals surface area contributed by atoms with E-state index in [1.807, 2.05) is 13.8 Å². The maximum absolute atomic E-state index is 12.8. The summed E-state index contributed by atoms with van der Waals surface area (Å²) in [6.07, 6.45) is 2.63. The first-order valence-corrected chi connectivity index (χ1v) is 8.75. The van der Waals surface area contributed by atoms with E-state index in [9.17, 15) is 8.42 Å². The van der Waals surface area contributed by atoms with E-state index < -0.39 is 10.0 Å². The lowest BCUT2D eigenvalue weighted by Gasteiger charge is -2.27. The van der Waals surface area contributed by atoms with E-state index in [2.05, 4.69) is 0 Å². The summed E-state index contributed by atoms with van der Waals surface area (Å²) in [6, 6.07) is 5.02. The van der Waals surface area contributed by atoms with Crippen LogP contribution in [-0.4, -0.2) is 24.8 Å². The molecule has 0 radical (unpaired) electrons. The summed E-state index contributed by atoms with van der Waals surface area (Å²) < 4.78 is 27.3. The molecule has 0 aromatic heterocycles. The standard InChI is InChI=1S/C14H21ClN2O2S/c1-3-12-6-4-10(2)17(12)20(18,19)14-7-5-11(9-16)8-13(14)15/h5,7-8,10,12H,3-4,6,9,16H2,1-2H3. The molecule has 0 spiro atoms. The Morgan fingerprint density at radius 1 is 1.40 bits per heavy atom. The second-order valence-electron chi connectivity index (χ2n) is 5.29. The molecule has 1 aliphatic heterocycles. The van der Waals surface area contributed by atoms with Gasteiger partial charge in [0.2, 0.25) is 10.0 Å². The molecule has 1 aromatic carbocycles. The average Bonchev–Trinajstić information content (AvgIpc) is 2.80. The molecule has 1 fully saturated rings. The van der Waals surface area contributed by atoms with Gasteiger partial charge < -0.3 is 5.73 Å². The number of hydrogen-bond acceptors (Lipinski definition) is 3. The van der Waals surface area contributed by atoms with Gasteiger partial charge in [0.25, 0.3) is 0 Å². The van der Waals surface area contributed by atoms with Crippen LogP contribution in [0.15, 0.2) is 23.1 Å². The lowest BCUT2D eigenvalue weighted by molar-refractivity contribution is 0.329. The minimum atomic E-state index is -3.54. The highest BCUT2D eigenvalue weighted by Crippen LogP contribution is 2.35. The fourth-order valence-electron chi connectivity index (χ4n) is 2.86. The molecule has 2 rings (SSSR count). The predicted octanol–water partition coefficient (Wildman–Crippen LogP) is 2.75. The van der Waals surface area contributed by atoms with Crippen molar-refractivity contribution in [3.05, 3.63) is 28.8 Å². The van der Waals surface area contributed by atoms with Crippen LogP contribution in [0.3, 0.4) is 0 Å². The Balaban J connectivity index is 2.44. The van der Waals surface area contributed by atoms with Crippen molar-refractivity contribution in [3.8, 4) is 0 Å². The molecule has 0 aliphatic carbocycles. The van der Waals surface area contributed by atoms with Crippen LogP contribution < -0.4 is 5.73 Å². The van der Waals surface area contributed by atoms with Gasteiger partial charge in [-0.2, -0.15) is 4.31 Å². The van der Waals surface area contributed by atoms with Gasteiger partial charge in [-0.05, 0) is 43.9 Å². The van der Waals surface area contributed by atoms with Gasteiger partial charge in [-0.15, -0.1) is 0 Å². The van der Waals surface area contributed by atoms with Gasteiger partial charge in [0.05, 0.1) is 5.02 Å². The molecule has 1 saturated heterocycles. The van der Waals surface area contributed by atoms with E-state index in [4.69, 9.17) is 17.3 Å². The van der Waals surface area contributed by atoms with E-state index >= 15 is 0 Å². The topological polar surface area (TPSA) is 63.4 Å². The Morgan fingerprint density at radius 2 is 2.10 bits per heavy atom. The lowest BCUT2D eigenvalue weighted by atomic mass is 10.2. The zero-order valence-electron chi connectivity index (χ0n) is 11.8. The molecule has 0 amide bonds. The zero-order chi connectivity index (χ0) is 14.9. The van der Waals surface area contributed by atoms with Crippen molar-refractivity contribution in [3.63, 3.8) is 0 Å². The van der Waals surface area contributed by atoms with Crippen LogP contribution in [0.1, 0.15) is 38.7 Å². The van der Waals surface area contributed by atoms with Gasteiger partial charge in [-0.25, -0.2) is 8.42 Å². The first kappa shape index (κ1) is 15.8. The summed E-state index contributed by atoms with van der Waals surface area (Å²) in [5.74, 6) is 0. The van der Waals surface area contributed by atoms with Crippen LogP contribution in [0, 0.1) is 0 Å². The van der Waals surface area contributed by atoms with Crippen LogP contribution in [0.25, 0.3) is 0 Å². The zero-order valence-corrected chi connectivity index (χ0v) is 13.4. The lowest BCUT2D eigenvalue weighted by Crippen LogP contribution is -2.39. The molecule has 2 atom stereocenters. The van der Waals surface area contributed by atoms with Gasteiger partial charge in [0.1, 0.15) is 4.90 Å². The summed E-state index contributed by atoms with van der Waals surface area (Å²) in [4.78, 5) is 0.184. The first-order valence-electron chi connectivity index (χ1n) is 6.93. The Kier molecular flexibility index (Phi) is 4.74. The Hall–Kier alpha value is -0.620. The predicted molar refractivity (Wildman–Crippen MR) is 81.1 cm³/mol. The summed E-state index contributed by atoms with van der Waals surface area (Å²) in [7, 11) is -3.54. The number of hydrogen-bond donors (Lipinski definition) is 1. The molecule has 112 valence electrons. The summed E-state index contributed by atoms with van der Waals surface area (Å²) in [5.41, 5.74) is 6.38. The van der Waals surface area contributed by atoms with E-state index in [-0.39, 0.29) is 22.0 Å². The smallest absolute Gasteiger partial charge is 0.245 e. The van der Waals surface area contributed by atoms with Crippen molar-refractivity contribution in [2.45, 2.75) is 56.6 Å². The van der Waals surface area contributed by atoms with Crippen molar-refractivity contribution in [1.29, 1.82) is 0 Å². The molecular formula is C14H21ClN2O2S. The van der Waals surface area contributed by atoms with E-state index in [1.54, 1.807) is 22.5 Å². The third-order valence-corrected chi connectivity index (χ3v) is 6.52. The molecule has 1 aromatic rings. The van der Waals surface area contributed by atoms with Gasteiger partial charge in [-0.3, -0.25) is 0 Å². The van der Waals surface area contributed by atoms with Gasteiger partial charge >= 0.3 is 0 Å². The highest BCUT2D eigenvalue weighted by molar-refractivity contribution is 7.89. The Labute approximate surface area is 126 Å². The van der Waals surface area contributed by atoms with Crippen molar-refractivity contribution >= 4 is 21.6 Å². The van der Waals surface area contributed by atoms with Gasteiger partial charge in [0.15, 0.2) is 0 Å². The Morgan fingerprint density at radius 3 is 2.65 bits per heavy atom. The van der Waals surface area contributed by atoms with Gasteiger partial charge in [0, 0.05) is 18.6 Å². The molecule has 1 aliphatic rings. The average molecular weight is 317 g/mol. The van der Waals surface area contributed by atoms with Crippen LogP contribution in [0.5, 0.6) is 0 Å². The third-order valence-electron chi connectivity index (χ3n) is 3.97. The highest BCUT2D eigenvalue weighted by atomic mass is 35.5. The number of benzene rings is 1. The third kappa shape index (κ3) is 2.72. The maximum atomic E-state index is 12.8. The van der Waals surface area contributed by atoms with Crippen molar-refractivity contribution in [2.75, 3.05) is 0 Å². The monoisotopic (exact) mass is 316 g/mol. The molecule has 2 unspecified atom stereocenters. The molecule has 6 heteroatoms. The number of rotatable bonds is 4. The van der Waals surface area contributed by atoms with Crippen LogP contribution >= 0.6 is 11.6 Å². The van der Waals surface area contributed by atoms with Crippen molar-refractivity contribution in [1.82, 2.24) is 4.31 Å². The van der Waals surface area contributed by atoms with E-state index in [0.717, 1.165) is 24.8 Å². The number of nitrogens with two attached hydrogens (primary N) is 1. The minimum absolute atomic E-state index is 0.0233. The molecule has 0 saturated carbocycles. The van der Waals surface area contributed by atoms with Crippen LogP contribution in [-0.2, 0) is 16.6 Å². The maximum Gasteiger partial charge on any atom is 0.245 e. The van der Waals surface area contributed by atoms with Crippen molar-refractivity contribution in [2.24, 2.45) is 5.73 Å². The fraction of sp³-hybridized carbons (Fsp3) is 0.571. The van der Waals surface area contributed by atoms with E-state index in [0.29, 0.717) is 6.54 Å². The molecule has 20 heavy (non-hydrogen) atoms. The summed E-state index contributed by atoms with van der Waals surface area (Å²) in [6.45, 7) is 4.32. The van der Waals surface area contributed by atoms with Crippen LogP contribution in [0.2, 0.25) is 5.02 Å². The quantitative estimate of drug-likeness (QED) is 0.929. The summed E-state index contributed by atoms with van der Waals surface area (Å²) in [5, 5.41) is 0.252. The molecule has 1 heterocycles. The minimum Gasteiger partial charge on any atom is -0.326 e. The second kappa shape index (κ2) is 6.02. The second-order valence-corrected chi connectivity index (χ2v) is 7.51. The fourth-order valence-corrected chi connectivity index (χ4v) is 5.35. The molecule has 2 N–H and O–H groups in total. The highest BCUT2D eigenvalue weighted by Gasteiger charge is 2.39. The molecule has 4 nitrogen and oxygen atoms in total. The summed E-state index contributed by atoms with van der Waals surface area (Å²) >= 11 is 6.15. The Bertz CT molecular complexity index is 589. The largest absolute Gasteiger partial charge is 0.326 e. The molecular weight excluding hydrogens is 296 g/mol. The van der Waals surface area contributed by atoms with Gasteiger partial charge in [-0.1, -0.05) is 24.6 Å².